The fourth-order valence-electron chi connectivity index (χ4n) is 6.61. The van der Waals surface area contributed by atoms with Gasteiger partial charge in [-0.2, -0.15) is 36.7 Å². The molecule has 0 aliphatic heterocycles. The number of imidazole rings is 1. The number of phenols is 1. The van der Waals surface area contributed by atoms with E-state index in [0.717, 1.165) is 0 Å². The van der Waals surface area contributed by atoms with Gasteiger partial charge in [-0.05, 0) is 78.9 Å². The Morgan fingerprint density at radius 2 is 1.08 bits per heavy atom. The molecule has 0 aliphatic carbocycles. The number of thioether (sulfide) groups is 2. The highest BCUT2D eigenvalue weighted by atomic mass is 32.2. The summed E-state index contributed by atoms with van der Waals surface area (Å²) < 4.78 is 31.7. The summed E-state index contributed by atoms with van der Waals surface area (Å²) in [4.78, 5) is 122. The first-order chi connectivity index (χ1) is 34.3. The van der Waals surface area contributed by atoms with Gasteiger partial charge in [0.25, 0.3) is 0 Å². The third kappa shape index (κ3) is 23.9. The van der Waals surface area contributed by atoms with E-state index < -0.39 is 108 Å². The number of aliphatic carboxylic acids is 2. The van der Waals surface area contributed by atoms with Crippen LogP contribution in [0.25, 0.3) is 0 Å². The largest absolute Gasteiger partial charge is 0.508 e. The zero-order valence-corrected chi connectivity index (χ0v) is 42.0. The van der Waals surface area contributed by atoms with E-state index in [4.69, 9.17) is 21.4 Å². The second kappa shape index (κ2) is 31.6. The quantitative estimate of drug-likeness (QED) is 0.0451. The number of phenolic OH excluding ortho intramolecular Hbond substituents is 1. The number of aromatic hydroxyl groups is 1. The number of nitrogens with zero attached hydrogens (tertiary/aromatic N) is 1. The van der Waals surface area contributed by atoms with Crippen LogP contribution in [-0.2, 0) is 62.4 Å². The molecule has 14 N–H and O–H groups in total. The smallest absolute Gasteiger partial charge is 0.490 e. The topological polar surface area (TPSA) is 367 Å². The Kier molecular flexibility index (Phi) is 26.9. The number of rotatable bonds is 29. The Morgan fingerprint density at radius 3 is 1.53 bits per heavy atom. The van der Waals surface area contributed by atoms with Crippen LogP contribution in [0.15, 0.2) is 67.1 Å². The van der Waals surface area contributed by atoms with Crippen molar-refractivity contribution in [3.05, 3.63) is 83.9 Å². The predicted octanol–water partition coefficient (Wildman–Crippen LogP) is 0.525. The lowest BCUT2D eigenvalue weighted by Crippen LogP contribution is -2.60. The van der Waals surface area contributed by atoms with E-state index in [1.54, 1.807) is 48.7 Å². The van der Waals surface area contributed by atoms with Crippen molar-refractivity contribution in [3.63, 3.8) is 0 Å². The van der Waals surface area contributed by atoms with E-state index in [0.29, 0.717) is 28.3 Å². The summed E-state index contributed by atoms with van der Waals surface area (Å²) >= 11 is 2.82. The summed E-state index contributed by atoms with van der Waals surface area (Å²) in [6.45, 7) is 3.62. The number of aromatic amines is 1. The third-order valence-corrected chi connectivity index (χ3v) is 11.7. The molecule has 0 saturated heterocycles. The number of alkyl halides is 3. The van der Waals surface area contributed by atoms with Crippen molar-refractivity contribution < 1.29 is 71.6 Å². The van der Waals surface area contributed by atoms with E-state index >= 15 is 0 Å². The Hall–Kier alpha value is -6.87. The average molecular weight is 1070 g/mol. The number of hydrogen-bond acceptors (Lipinski definition) is 14. The minimum absolute atomic E-state index is 0.0126. The molecule has 7 atom stereocenters. The number of carboxylic acid groups (broad SMARTS) is 2. The van der Waals surface area contributed by atoms with E-state index in [9.17, 15) is 61.7 Å². The molecule has 402 valence electrons. The van der Waals surface area contributed by atoms with Crippen molar-refractivity contribution in [3.8, 4) is 5.75 Å². The lowest BCUT2D eigenvalue weighted by molar-refractivity contribution is -0.192. The summed E-state index contributed by atoms with van der Waals surface area (Å²) in [7, 11) is 0. The number of nitrogens with two attached hydrogens (primary N) is 2. The molecular weight excluding hydrogens is 1010 g/mol. The lowest BCUT2D eigenvalue weighted by atomic mass is 10.0. The van der Waals surface area contributed by atoms with Crippen LogP contribution in [0.1, 0.15) is 56.4 Å². The van der Waals surface area contributed by atoms with Gasteiger partial charge in [-0.1, -0.05) is 56.3 Å². The van der Waals surface area contributed by atoms with Gasteiger partial charge < -0.3 is 63.7 Å². The molecule has 27 heteroatoms. The van der Waals surface area contributed by atoms with Crippen molar-refractivity contribution in [1.82, 2.24) is 41.9 Å². The van der Waals surface area contributed by atoms with Crippen LogP contribution in [0.2, 0.25) is 0 Å². The van der Waals surface area contributed by atoms with Crippen LogP contribution in [0.5, 0.6) is 5.75 Å². The first-order valence-corrected chi connectivity index (χ1v) is 25.3. The van der Waals surface area contributed by atoms with Crippen LogP contribution in [0, 0.1) is 5.92 Å². The van der Waals surface area contributed by atoms with Gasteiger partial charge in [0, 0.05) is 24.7 Å². The van der Waals surface area contributed by atoms with Gasteiger partial charge in [-0.25, -0.2) is 9.78 Å². The Labute approximate surface area is 427 Å². The number of nitrogens with one attached hydrogen (secondary N) is 7. The first-order valence-electron chi connectivity index (χ1n) is 22.5. The van der Waals surface area contributed by atoms with Crippen LogP contribution in [-0.4, -0.2) is 151 Å². The van der Waals surface area contributed by atoms with E-state index in [1.165, 1.54) is 48.2 Å². The molecule has 0 aliphatic rings. The number of halogens is 3. The van der Waals surface area contributed by atoms with Crippen molar-refractivity contribution in [2.45, 2.75) is 107 Å². The Balaban J connectivity index is 0.00000242. The number of amides is 7. The maximum absolute atomic E-state index is 14.4. The summed E-state index contributed by atoms with van der Waals surface area (Å²) in [5, 5.41) is 41.9. The number of primary amides is 1. The first kappa shape index (κ1) is 62.2. The normalized spacial score (nSPS) is 14.0. The number of carbonyl (C=O) groups is 9. The zero-order chi connectivity index (χ0) is 54.8. The number of benzene rings is 2. The molecule has 0 fully saturated rings. The standard InChI is InChI=1S/C44H62N10O10S2.C2HF3O2/c1-25(2)18-34(42(62)50-32(15-17-66-4)40(60)51-33(38(46)58)22-37(56)57)52-44(64)36(21-28-23-47-24-48-28)54-43(63)35(20-26-8-6-5-7-9-26)53-41(61)31(14-16-65-3)49-39(59)30(45)19-27-10-12-29(55)13-11-27;3-2(4,5)1(6)7/h5-13,23-25,30-36,55H,14-22,45H2,1-4H3,(H2,46,58)(H,47,48)(H,49,59)(H,50,62)(H,51,60)(H,52,64)(H,53,61)(H,54,63)(H,56,57);(H,6,7)/t30-,31+,32-,33-,34-,35-,36-;/m0./s1. The fraction of sp³-hybridized carbons (Fsp3) is 0.478. The molecule has 1 heterocycles. The molecule has 0 radical (unpaired) electrons. The summed E-state index contributed by atoms with van der Waals surface area (Å²) in [6, 6.07) is 6.28. The number of carboxylic acids is 2. The van der Waals surface area contributed by atoms with E-state index in [1.807, 2.05) is 20.1 Å². The molecule has 3 rings (SSSR count). The number of H-pyrrole nitrogens is 1. The van der Waals surface area contributed by atoms with Gasteiger partial charge in [-0.15, -0.1) is 0 Å². The minimum atomic E-state index is -5.08. The highest BCUT2D eigenvalue weighted by Crippen LogP contribution is 2.15. The van der Waals surface area contributed by atoms with Gasteiger partial charge in [0.05, 0.1) is 18.8 Å². The molecule has 22 nitrogen and oxygen atoms in total. The number of carbonyl (C=O) groups excluding carboxylic acids is 7. The van der Waals surface area contributed by atoms with Gasteiger partial charge in [0.2, 0.25) is 41.4 Å². The molecular formula is C46H63F3N10O12S2. The highest BCUT2D eigenvalue weighted by Gasteiger charge is 2.38. The second-order valence-electron chi connectivity index (χ2n) is 16.8. The predicted molar refractivity (Wildman–Crippen MR) is 264 cm³/mol. The van der Waals surface area contributed by atoms with Crippen molar-refractivity contribution in [2.24, 2.45) is 17.4 Å². The number of hydrogen-bond donors (Lipinski definition) is 12. The zero-order valence-electron chi connectivity index (χ0n) is 40.4. The van der Waals surface area contributed by atoms with Crippen LogP contribution >= 0.6 is 23.5 Å². The third-order valence-electron chi connectivity index (χ3n) is 10.4. The van der Waals surface area contributed by atoms with Crippen LogP contribution in [0.3, 0.4) is 0 Å². The van der Waals surface area contributed by atoms with E-state index in [2.05, 4.69) is 41.9 Å². The fourth-order valence-corrected chi connectivity index (χ4v) is 7.56. The lowest BCUT2D eigenvalue weighted by Gasteiger charge is -2.28. The summed E-state index contributed by atoms with van der Waals surface area (Å²) in [5.74, 6) is -8.87. The maximum atomic E-state index is 14.4. The highest BCUT2D eigenvalue weighted by molar-refractivity contribution is 7.98. The molecule has 1 aromatic heterocycles. The van der Waals surface area contributed by atoms with E-state index in [-0.39, 0.29) is 50.2 Å². The maximum Gasteiger partial charge on any atom is 0.490 e. The summed E-state index contributed by atoms with van der Waals surface area (Å²) in [6.07, 6.45) is 0.967. The number of aromatic nitrogens is 2. The average Bonchev–Trinajstić information content (AvgIpc) is 3.84. The Bertz CT molecular complexity index is 2280. The van der Waals surface area contributed by atoms with Gasteiger partial charge in [-0.3, -0.25) is 38.4 Å². The Morgan fingerprint density at radius 1 is 0.644 bits per heavy atom. The monoisotopic (exact) mass is 1070 g/mol. The molecule has 0 unspecified atom stereocenters. The van der Waals surface area contributed by atoms with Gasteiger partial charge in [0.15, 0.2) is 0 Å². The van der Waals surface area contributed by atoms with Crippen LogP contribution < -0.4 is 43.4 Å². The van der Waals surface area contributed by atoms with Crippen molar-refractivity contribution in [1.29, 1.82) is 0 Å². The SMILES string of the molecule is CSCC[C@H](NC(=O)[C@H](CC(C)C)NC(=O)[C@H](Cc1cnc[nH]1)NC(=O)[C@H](Cc1ccccc1)NC(=O)[C@@H](CCSC)NC(=O)[C@@H](N)Cc1ccc(O)cc1)C(=O)N[C@@H](CC(=O)O)C(N)=O.O=C(O)C(F)(F)F. The minimum Gasteiger partial charge on any atom is -0.508 e. The molecule has 0 spiro atoms. The van der Waals surface area contributed by atoms with Crippen LogP contribution in [0.4, 0.5) is 13.2 Å². The molecule has 73 heavy (non-hydrogen) atoms. The molecule has 0 saturated carbocycles. The van der Waals surface area contributed by atoms with Crippen molar-refractivity contribution in [2.75, 3.05) is 24.0 Å². The summed E-state index contributed by atoms with van der Waals surface area (Å²) in [5.41, 5.74) is 13.4. The molecule has 3 aromatic rings. The molecule has 0 bridgehead atoms. The van der Waals surface area contributed by atoms with Gasteiger partial charge >= 0.3 is 18.1 Å². The second-order valence-corrected chi connectivity index (χ2v) is 18.8. The van der Waals surface area contributed by atoms with Crippen molar-refractivity contribution >= 4 is 76.8 Å². The molecule has 2 aromatic carbocycles. The molecule has 7 amide bonds. The van der Waals surface area contributed by atoms with Gasteiger partial charge in [0.1, 0.15) is 42.0 Å².